The maximum Gasteiger partial charge on any atom is 0.329 e. The molecule has 2 rings (SSSR count). The number of benzene rings is 2. The summed E-state index contributed by atoms with van der Waals surface area (Å²) in [6.07, 6.45) is 0.707. The highest BCUT2D eigenvalue weighted by Gasteiger charge is 2.26. The first-order valence-corrected chi connectivity index (χ1v) is 10.4. The molecule has 3 amide bonds. The van der Waals surface area contributed by atoms with Crippen molar-refractivity contribution >= 4 is 23.6 Å². The number of anilines is 1. The van der Waals surface area contributed by atoms with Crippen LogP contribution in [0.3, 0.4) is 0 Å². The number of ether oxygens (including phenoxy) is 1. The molecule has 0 heterocycles. The van der Waals surface area contributed by atoms with Crippen molar-refractivity contribution in [2.45, 2.75) is 46.2 Å². The van der Waals surface area contributed by atoms with Crippen LogP contribution in [0.1, 0.15) is 44.4 Å². The molecule has 0 aliphatic carbocycles. The van der Waals surface area contributed by atoms with E-state index in [2.05, 4.69) is 16.0 Å². The molecule has 2 aromatic rings. The van der Waals surface area contributed by atoms with Crippen LogP contribution in [0.4, 0.5) is 10.5 Å². The third-order valence-corrected chi connectivity index (χ3v) is 4.81. The number of para-hydroxylation sites is 1. The van der Waals surface area contributed by atoms with Gasteiger partial charge in [0.25, 0.3) is 5.91 Å². The van der Waals surface area contributed by atoms with E-state index in [1.54, 1.807) is 38.1 Å². The maximum atomic E-state index is 12.5. The summed E-state index contributed by atoms with van der Waals surface area (Å²) in [4.78, 5) is 37.0. The molecule has 0 saturated carbocycles. The predicted molar refractivity (Wildman–Crippen MR) is 121 cm³/mol. The minimum absolute atomic E-state index is 0.164. The van der Waals surface area contributed by atoms with Gasteiger partial charge < -0.3 is 20.7 Å². The van der Waals surface area contributed by atoms with Gasteiger partial charge in [-0.3, -0.25) is 4.79 Å². The van der Waals surface area contributed by atoms with Gasteiger partial charge in [-0.2, -0.15) is 0 Å². The number of amides is 3. The number of aryl methyl sites for hydroxylation is 1. The number of rotatable bonds is 9. The lowest BCUT2D eigenvalue weighted by Gasteiger charge is -2.22. The number of hydrogen-bond donors (Lipinski definition) is 3. The van der Waals surface area contributed by atoms with Crippen molar-refractivity contribution in [1.29, 1.82) is 0 Å². The fourth-order valence-electron chi connectivity index (χ4n) is 3.01. The van der Waals surface area contributed by atoms with Crippen LogP contribution in [0.2, 0.25) is 0 Å². The Morgan fingerprint density at radius 3 is 2.16 bits per heavy atom. The van der Waals surface area contributed by atoms with Crippen LogP contribution in [0, 0.1) is 12.8 Å². The normalized spacial score (nSPS) is 12.5. The molecule has 31 heavy (non-hydrogen) atoms. The molecular formula is C24H31N3O4. The molecule has 2 aromatic carbocycles. The van der Waals surface area contributed by atoms with Crippen molar-refractivity contribution in [3.05, 3.63) is 65.7 Å². The summed E-state index contributed by atoms with van der Waals surface area (Å²) in [6.45, 7) is 7.15. The van der Waals surface area contributed by atoms with Crippen molar-refractivity contribution in [3.63, 3.8) is 0 Å². The van der Waals surface area contributed by atoms with Crippen molar-refractivity contribution in [3.8, 4) is 0 Å². The highest BCUT2D eigenvalue weighted by atomic mass is 16.5. The van der Waals surface area contributed by atoms with E-state index in [9.17, 15) is 14.4 Å². The lowest BCUT2D eigenvalue weighted by atomic mass is 10.0. The molecule has 0 aromatic heterocycles. The maximum absolute atomic E-state index is 12.5. The van der Waals surface area contributed by atoms with Crippen molar-refractivity contribution in [2.75, 3.05) is 11.9 Å². The summed E-state index contributed by atoms with van der Waals surface area (Å²) in [7, 11) is 0. The Balaban J connectivity index is 1.87. The van der Waals surface area contributed by atoms with Crippen LogP contribution >= 0.6 is 0 Å². The lowest BCUT2D eigenvalue weighted by molar-refractivity contribution is -0.151. The van der Waals surface area contributed by atoms with Gasteiger partial charge in [0.2, 0.25) is 0 Å². The van der Waals surface area contributed by atoms with Crippen LogP contribution in [-0.4, -0.2) is 30.6 Å². The van der Waals surface area contributed by atoms with E-state index in [0.717, 1.165) is 11.1 Å². The highest BCUT2D eigenvalue weighted by Crippen LogP contribution is 2.17. The van der Waals surface area contributed by atoms with Crippen molar-refractivity contribution < 1.29 is 19.1 Å². The zero-order valence-electron chi connectivity index (χ0n) is 18.5. The Morgan fingerprint density at radius 2 is 1.58 bits per heavy atom. The van der Waals surface area contributed by atoms with Gasteiger partial charge in [0.15, 0.2) is 6.61 Å². The third kappa shape index (κ3) is 7.77. The molecule has 0 radical (unpaired) electrons. The third-order valence-electron chi connectivity index (χ3n) is 4.81. The highest BCUT2D eigenvalue weighted by molar-refractivity contribution is 5.93. The molecule has 0 aliphatic rings. The number of hydrogen-bond acceptors (Lipinski definition) is 4. The Kier molecular flexibility index (Phi) is 9.06. The molecular weight excluding hydrogens is 394 g/mol. The zero-order chi connectivity index (χ0) is 22.8. The average molecular weight is 426 g/mol. The monoisotopic (exact) mass is 425 g/mol. The molecule has 3 N–H and O–H groups in total. The van der Waals surface area contributed by atoms with E-state index in [-0.39, 0.29) is 12.0 Å². The standard InChI is InChI=1S/C24H31N3O4/c1-5-20(18-13-11-17(4)12-14-18)26-21(28)15-31-23(29)22(16(2)3)27-24(30)25-19-9-7-6-8-10-19/h6-14,16,20,22H,5,15H2,1-4H3,(H,26,28)(H2,25,27,30)/t20-,22-/m1/s1. The van der Waals surface area contributed by atoms with Gasteiger partial charge in [0, 0.05) is 5.69 Å². The number of carbonyl (C=O) groups excluding carboxylic acids is 3. The second-order valence-corrected chi connectivity index (χ2v) is 7.73. The molecule has 2 atom stereocenters. The van der Waals surface area contributed by atoms with Crippen LogP contribution in [0.15, 0.2) is 54.6 Å². The molecule has 0 unspecified atom stereocenters. The van der Waals surface area contributed by atoms with Gasteiger partial charge in [-0.25, -0.2) is 9.59 Å². The van der Waals surface area contributed by atoms with Crippen LogP contribution < -0.4 is 16.0 Å². The molecule has 166 valence electrons. The van der Waals surface area contributed by atoms with E-state index in [0.29, 0.717) is 12.1 Å². The van der Waals surface area contributed by atoms with E-state index in [1.807, 2.05) is 44.2 Å². The van der Waals surface area contributed by atoms with Crippen LogP contribution in [-0.2, 0) is 14.3 Å². The summed E-state index contributed by atoms with van der Waals surface area (Å²) in [5, 5.41) is 8.16. The van der Waals surface area contributed by atoms with Crippen LogP contribution in [0.5, 0.6) is 0 Å². The predicted octanol–water partition coefficient (Wildman–Crippen LogP) is 3.95. The molecule has 0 fully saturated rings. The summed E-state index contributed by atoms with van der Waals surface area (Å²) in [5.74, 6) is -1.26. The van der Waals surface area contributed by atoms with Gasteiger partial charge in [0.1, 0.15) is 6.04 Å². The van der Waals surface area contributed by atoms with E-state index in [4.69, 9.17) is 4.74 Å². The number of nitrogens with one attached hydrogen (secondary N) is 3. The van der Waals surface area contributed by atoms with E-state index in [1.165, 1.54) is 0 Å². The van der Waals surface area contributed by atoms with Gasteiger partial charge in [0.05, 0.1) is 6.04 Å². The molecule has 0 spiro atoms. The van der Waals surface area contributed by atoms with Gasteiger partial charge in [-0.05, 0) is 37.0 Å². The summed E-state index contributed by atoms with van der Waals surface area (Å²) in [5.41, 5.74) is 2.74. The first-order chi connectivity index (χ1) is 14.8. The summed E-state index contributed by atoms with van der Waals surface area (Å²) < 4.78 is 5.19. The number of esters is 1. The van der Waals surface area contributed by atoms with Crippen molar-refractivity contribution in [1.82, 2.24) is 10.6 Å². The molecule has 0 saturated heterocycles. The number of urea groups is 1. The second kappa shape index (κ2) is 11.7. The van der Waals surface area contributed by atoms with Crippen LogP contribution in [0.25, 0.3) is 0 Å². The minimum atomic E-state index is -0.879. The zero-order valence-corrected chi connectivity index (χ0v) is 18.5. The van der Waals surface area contributed by atoms with Gasteiger partial charge in [-0.1, -0.05) is 68.8 Å². The number of carbonyl (C=O) groups is 3. The summed E-state index contributed by atoms with van der Waals surface area (Å²) in [6, 6.07) is 15.3. The smallest absolute Gasteiger partial charge is 0.329 e. The van der Waals surface area contributed by atoms with Gasteiger partial charge in [-0.15, -0.1) is 0 Å². The first kappa shape index (κ1) is 23.9. The molecule has 0 bridgehead atoms. The Labute approximate surface area is 183 Å². The fourth-order valence-corrected chi connectivity index (χ4v) is 3.01. The SMILES string of the molecule is CC[C@@H](NC(=O)COC(=O)[C@H](NC(=O)Nc1ccccc1)C(C)C)c1ccc(C)cc1. The van der Waals surface area contributed by atoms with E-state index >= 15 is 0 Å². The quantitative estimate of drug-likeness (QED) is 0.530. The molecule has 0 aliphatic heterocycles. The molecule has 7 nitrogen and oxygen atoms in total. The summed E-state index contributed by atoms with van der Waals surface area (Å²) >= 11 is 0. The average Bonchev–Trinajstić information content (AvgIpc) is 2.75. The molecule has 7 heteroatoms. The first-order valence-electron chi connectivity index (χ1n) is 10.4. The second-order valence-electron chi connectivity index (χ2n) is 7.73. The van der Waals surface area contributed by atoms with E-state index < -0.39 is 30.6 Å². The Morgan fingerprint density at radius 1 is 0.935 bits per heavy atom. The fraction of sp³-hybridized carbons (Fsp3) is 0.375. The van der Waals surface area contributed by atoms with Crippen molar-refractivity contribution in [2.24, 2.45) is 5.92 Å². The topological polar surface area (TPSA) is 96.5 Å². The Hall–Kier alpha value is -3.35. The Bertz CT molecular complexity index is 866. The largest absolute Gasteiger partial charge is 0.454 e. The minimum Gasteiger partial charge on any atom is -0.454 e. The van der Waals surface area contributed by atoms with Gasteiger partial charge >= 0.3 is 12.0 Å². The lowest BCUT2D eigenvalue weighted by Crippen LogP contribution is -2.47.